The smallest absolute Gasteiger partial charge is 0.412 e. The lowest BCUT2D eigenvalue weighted by Gasteiger charge is -2.22. The largest absolute Gasteiger partial charge is 0.469 e. The van der Waals surface area contributed by atoms with Crippen LogP contribution in [0.25, 0.3) is 0 Å². The molecule has 0 unspecified atom stereocenters. The summed E-state index contributed by atoms with van der Waals surface area (Å²) in [7, 11) is 1.23. The first-order chi connectivity index (χ1) is 9.84. The lowest BCUT2D eigenvalue weighted by molar-refractivity contribution is -0.150. The van der Waals surface area contributed by atoms with E-state index in [4.69, 9.17) is 9.47 Å². The number of carbonyl (C=O) groups is 3. The summed E-state index contributed by atoms with van der Waals surface area (Å²) < 4.78 is 14.7. The van der Waals surface area contributed by atoms with Gasteiger partial charge in [0.1, 0.15) is 16.9 Å². The SMILES string of the molecule is COC(=O)C/C=C(/NC(=O)OC(C)(C)C)C(=O)OC(C)(C)C. The van der Waals surface area contributed by atoms with Crippen molar-refractivity contribution >= 4 is 18.0 Å². The van der Waals surface area contributed by atoms with Crippen LogP contribution in [0.3, 0.4) is 0 Å². The number of hydrogen-bond donors (Lipinski definition) is 1. The molecule has 0 aromatic rings. The van der Waals surface area contributed by atoms with E-state index in [1.54, 1.807) is 41.5 Å². The number of rotatable bonds is 4. The van der Waals surface area contributed by atoms with Crippen LogP contribution in [-0.4, -0.2) is 36.3 Å². The van der Waals surface area contributed by atoms with E-state index >= 15 is 0 Å². The maximum Gasteiger partial charge on any atom is 0.412 e. The van der Waals surface area contributed by atoms with Gasteiger partial charge in [0.15, 0.2) is 0 Å². The van der Waals surface area contributed by atoms with Gasteiger partial charge in [0.25, 0.3) is 0 Å². The monoisotopic (exact) mass is 315 g/mol. The van der Waals surface area contributed by atoms with Crippen molar-refractivity contribution in [1.82, 2.24) is 5.32 Å². The molecule has 0 bridgehead atoms. The van der Waals surface area contributed by atoms with E-state index in [1.165, 1.54) is 13.2 Å². The van der Waals surface area contributed by atoms with Crippen LogP contribution < -0.4 is 5.32 Å². The Hall–Kier alpha value is -2.05. The van der Waals surface area contributed by atoms with E-state index < -0.39 is 29.2 Å². The average molecular weight is 315 g/mol. The average Bonchev–Trinajstić information content (AvgIpc) is 2.29. The molecule has 126 valence electrons. The molecule has 0 fully saturated rings. The molecule has 0 aliphatic rings. The molecule has 0 spiro atoms. The number of amides is 1. The molecule has 7 heteroatoms. The number of nitrogens with one attached hydrogen (secondary N) is 1. The molecular formula is C15H25NO6. The lowest BCUT2D eigenvalue weighted by atomic mass is 10.2. The van der Waals surface area contributed by atoms with Gasteiger partial charge >= 0.3 is 18.0 Å². The van der Waals surface area contributed by atoms with Gasteiger partial charge in [-0.15, -0.1) is 0 Å². The van der Waals surface area contributed by atoms with Crippen LogP contribution in [0.1, 0.15) is 48.0 Å². The van der Waals surface area contributed by atoms with Gasteiger partial charge < -0.3 is 14.2 Å². The van der Waals surface area contributed by atoms with Gasteiger partial charge in [0.05, 0.1) is 13.5 Å². The Morgan fingerprint density at radius 1 is 0.955 bits per heavy atom. The number of ether oxygens (including phenoxy) is 3. The van der Waals surface area contributed by atoms with Crippen molar-refractivity contribution in [3.63, 3.8) is 0 Å². The summed E-state index contributed by atoms with van der Waals surface area (Å²) in [5.41, 5.74) is -1.63. The minimum Gasteiger partial charge on any atom is -0.469 e. The van der Waals surface area contributed by atoms with Crippen LogP contribution in [-0.2, 0) is 23.8 Å². The van der Waals surface area contributed by atoms with Crippen LogP contribution in [0.15, 0.2) is 11.8 Å². The van der Waals surface area contributed by atoms with Gasteiger partial charge in [-0.05, 0) is 47.6 Å². The molecule has 7 nitrogen and oxygen atoms in total. The maximum absolute atomic E-state index is 12.0. The van der Waals surface area contributed by atoms with Gasteiger partial charge in [-0.25, -0.2) is 9.59 Å². The zero-order valence-corrected chi connectivity index (χ0v) is 14.2. The molecule has 0 aromatic carbocycles. The number of carbonyl (C=O) groups excluding carboxylic acids is 3. The summed E-state index contributed by atoms with van der Waals surface area (Å²) in [4.78, 5) is 35.0. The van der Waals surface area contributed by atoms with Gasteiger partial charge in [-0.3, -0.25) is 10.1 Å². The van der Waals surface area contributed by atoms with Crippen LogP contribution in [0.4, 0.5) is 4.79 Å². The van der Waals surface area contributed by atoms with Gasteiger partial charge in [0, 0.05) is 0 Å². The van der Waals surface area contributed by atoms with E-state index in [9.17, 15) is 14.4 Å². The Balaban J connectivity index is 5.05. The van der Waals surface area contributed by atoms with Gasteiger partial charge in [-0.1, -0.05) is 0 Å². The van der Waals surface area contributed by atoms with Crippen LogP contribution in [0.5, 0.6) is 0 Å². The Morgan fingerprint density at radius 3 is 1.86 bits per heavy atom. The predicted octanol–water partition coefficient (Wildman–Crippen LogP) is 2.30. The van der Waals surface area contributed by atoms with Crippen molar-refractivity contribution in [3.8, 4) is 0 Å². The van der Waals surface area contributed by atoms with Crippen LogP contribution in [0, 0.1) is 0 Å². The molecule has 0 atom stereocenters. The molecule has 0 saturated heterocycles. The van der Waals surface area contributed by atoms with Crippen molar-refractivity contribution in [2.45, 2.75) is 59.2 Å². The predicted molar refractivity (Wildman–Crippen MR) is 79.9 cm³/mol. The number of esters is 2. The normalized spacial score (nSPS) is 12.4. The maximum atomic E-state index is 12.0. The summed E-state index contributed by atoms with van der Waals surface area (Å²) >= 11 is 0. The Morgan fingerprint density at radius 2 is 1.45 bits per heavy atom. The third-order valence-corrected chi connectivity index (χ3v) is 1.95. The third kappa shape index (κ3) is 9.79. The topological polar surface area (TPSA) is 90.9 Å². The molecule has 0 aliphatic heterocycles. The van der Waals surface area contributed by atoms with E-state index in [1.807, 2.05) is 0 Å². The quantitative estimate of drug-likeness (QED) is 0.486. The molecular weight excluding hydrogens is 290 g/mol. The highest BCUT2D eigenvalue weighted by Gasteiger charge is 2.24. The summed E-state index contributed by atoms with van der Waals surface area (Å²) in [6.07, 6.45) is 0.236. The molecule has 0 radical (unpaired) electrons. The zero-order chi connectivity index (χ0) is 17.6. The molecule has 0 rings (SSSR count). The summed E-state index contributed by atoms with van der Waals surface area (Å²) in [6, 6.07) is 0. The summed E-state index contributed by atoms with van der Waals surface area (Å²) in [5, 5.41) is 2.29. The fraction of sp³-hybridized carbons (Fsp3) is 0.667. The highest BCUT2D eigenvalue weighted by Crippen LogP contribution is 2.12. The molecule has 0 saturated carbocycles. The fourth-order valence-corrected chi connectivity index (χ4v) is 1.20. The molecule has 1 N–H and O–H groups in total. The number of methoxy groups -OCH3 is 1. The van der Waals surface area contributed by atoms with E-state index in [-0.39, 0.29) is 12.1 Å². The summed E-state index contributed by atoms with van der Waals surface area (Å²) in [5.74, 6) is -1.31. The highest BCUT2D eigenvalue weighted by molar-refractivity contribution is 5.93. The Kier molecular flexibility index (Phi) is 7.09. The third-order valence-electron chi connectivity index (χ3n) is 1.95. The second kappa shape index (κ2) is 7.82. The Labute approximate surface area is 131 Å². The van der Waals surface area contributed by atoms with E-state index in [2.05, 4.69) is 10.1 Å². The first-order valence-electron chi connectivity index (χ1n) is 6.84. The zero-order valence-electron chi connectivity index (χ0n) is 14.2. The molecule has 0 aliphatic carbocycles. The van der Waals surface area contributed by atoms with Gasteiger partial charge in [-0.2, -0.15) is 0 Å². The van der Waals surface area contributed by atoms with Crippen molar-refractivity contribution in [2.24, 2.45) is 0 Å². The van der Waals surface area contributed by atoms with Crippen molar-refractivity contribution in [2.75, 3.05) is 7.11 Å². The first kappa shape index (κ1) is 19.9. The van der Waals surface area contributed by atoms with E-state index in [0.29, 0.717) is 0 Å². The molecule has 0 heterocycles. The molecule has 1 amide bonds. The van der Waals surface area contributed by atoms with Crippen LogP contribution in [0.2, 0.25) is 0 Å². The second-order valence-electron chi connectivity index (χ2n) is 6.53. The van der Waals surface area contributed by atoms with Crippen molar-refractivity contribution < 1.29 is 28.6 Å². The van der Waals surface area contributed by atoms with Crippen molar-refractivity contribution in [1.29, 1.82) is 0 Å². The van der Waals surface area contributed by atoms with E-state index in [0.717, 1.165) is 0 Å². The van der Waals surface area contributed by atoms with Crippen LogP contribution >= 0.6 is 0 Å². The fourth-order valence-electron chi connectivity index (χ4n) is 1.20. The molecule has 22 heavy (non-hydrogen) atoms. The van der Waals surface area contributed by atoms with Crippen molar-refractivity contribution in [3.05, 3.63) is 11.8 Å². The Bertz CT molecular complexity index is 454. The number of alkyl carbamates (subject to hydrolysis) is 1. The standard InChI is InChI=1S/C15H25NO6/c1-14(2,3)21-12(18)10(8-9-11(17)20-7)16-13(19)22-15(4,5)6/h8H,9H2,1-7H3,(H,16,19)/b10-8+. The first-order valence-corrected chi connectivity index (χ1v) is 6.84. The molecule has 0 aromatic heterocycles. The lowest BCUT2D eigenvalue weighted by Crippen LogP contribution is -2.36. The number of hydrogen-bond acceptors (Lipinski definition) is 6. The minimum atomic E-state index is -0.811. The minimum absolute atomic E-state index is 0.172. The highest BCUT2D eigenvalue weighted by atomic mass is 16.6. The van der Waals surface area contributed by atoms with Gasteiger partial charge in [0.2, 0.25) is 0 Å². The summed E-state index contributed by atoms with van der Waals surface area (Å²) in [6.45, 7) is 10.1. The second-order valence-corrected chi connectivity index (χ2v) is 6.53.